The molecule has 1 amide bonds. The first kappa shape index (κ1) is 19.5. The van der Waals surface area contributed by atoms with Gasteiger partial charge < -0.3 is 14.8 Å². The molecule has 1 heterocycles. The zero-order valence-corrected chi connectivity index (χ0v) is 16.8. The van der Waals surface area contributed by atoms with Crippen molar-refractivity contribution >= 4 is 16.7 Å². The lowest BCUT2D eigenvalue weighted by molar-refractivity contribution is -0.127. The number of amides is 1. The summed E-state index contributed by atoms with van der Waals surface area (Å²) in [5, 5.41) is 5.25. The van der Waals surface area contributed by atoms with Crippen molar-refractivity contribution in [2.75, 3.05) is 19.8 Å². The number of hydrogen-bond donors (Lipinski definition) is 1. The molecule has 1 aliphatic rings. The van der Waals surface area contributed by atoms with Crippen LogP contribution in [0.4, 0.5) is 0 Å². The molecule has 1 atom stereocenters. The number of rotatable bonds is 6. The van der Waals surface area contributed by atoms with Crippen LogP contribution in [-0.4, -0.2) is 31.8 Å². The van der Waals surface area contributed by atoms with Crippen LogP contribution in [-0.2, 0) is 14.9 Å². The molecule has 0 aliphatic carbocycles. The van der Waals surface area contributed by atoms with E-state index in [9.17, 15) is 4.79 Å². The highest BCUT2D eigenvalue weighted by molar-refractivity contribution is 5.89. The summed E-state index contributed by atoms with van der Waals surface area (Å²) in [6, 6.07) is 24.4. The Kier molecular flexibility index (Phi) is 5.81. The van der Waals surface area contributed by atoms with Gasteiger partial charge in [0, 0.05) is 30.6 Å². The average Bonchev–Trinajstić information content (AvgIpc) is 2.79. The molecule has 0 spiro atoms. The van der Waals surface area contributed by atoms with Crippen LogP contribution in [0.2, 0.25) is 0 Å². The monoisotopic (exact) mass is 389 g/mol. The minimum absolute atomic E-state index is 0.0890. The molecule has 1 N–H and O–H groups in total. The fraction of sp³-hybridized carbons (Fsp3) is 0.320. The molecule has 0 aromatic heterocycles. The molecule has 4 nitrogen and oxygen atoms in total. The smallest absolute Gasteiger partial charge is 0.260 e. The summed E-state index contributed by atoms with van der Waals surface area (Å²) in [6.07, 6.45) is 1.22. The number of nitrogens with one attached hydrogen (secondary N) is 1. The Morgan fingerprint density at radius 3 is 2.48 bits per heavy atom. The maximum Gasteiger partial charge on any atom is 0.260 e. The third kappa shape index (κ3) is 4.28. The molecule has 0 radical (unpaired) electrons. The van der Waals surface area contributed by atoms with E-state index in [-0.39, 0.29) is 11.3 Å². The molecule has 0 bridgehead atoms. The van der Waals surface area contributed by atoms with Gasteiger partial charge in [0.25, 0.3) is 5.91 Å². The lowest BCUT2D eigenvalue weighted by atomic mass is 9.74. The zero-order valence-electron chi connectivity index (χ0n) is 16.8. The molecular weight excluding hydrogens is 362 g/mol. The summed E-state index contributed by atoms with van der Waals surface area (Å²) in [4.78, 5) is 12.8. The van der Waals surface area contributed by atoms with Gasteiger partial charge in [0.1, 0.15) is 5.75 Å². The number of ether oxygens (including phenoxy) is 2. The van der Waals surface area contributed by atoms with Crippen molar-refractivity contribution < 1.29 is 14.3 Å². The molecule has 29 heavy (non-hydrogen) atoms. The van der Waals surface area contributed by atoms with E-state index in [4.69, 9.17) is 9.47 Å². The van der Waals surface area contributed by atoms with Crippen LogP contribution in [0, 0.1) is 0 Å². The standard InChI is InChI=1S/C25H27NO3/c1-19(29-23-13-7-9-20-8-5-6-12-22(20)23)24(27)26-18-25(14-16-28-17-15-25)21-10-3-2-4-11-21/h2-13,19H,14-18H2,1H3,(H,26,27)/t19-/m1/s1. The van der Waals surface area contributed by atoms with Gasteiger partial charge >= 0.3 is 0 Å². The maximum atomic E-state index is 12.8. The second-order valence-electron chi connectivity index (χ2n) is 7.71. The highest BCUT2D eigenvalue weighted by atomic mass is 16.5. The van der Waals surface area contributed by atoms with E-state index in [0.717, 1.165) is 29.4 Å². The SMILES string of the molecule is C[C@@H](Oc1cccc2ccccc12)C(=O)NCC1(c2ccccc2)CCOCC1. The molecule has 0 saturated carbocycles. The summed E-state index contributed by atoms with van der Waals surface area (Å²) < 4.78 is 11.6. The first-order valence-corrected chi connectivity index (χ1v) is 10.2. The summed E-state index contributed by atoms with van der Waals surface area (Å²) in [7, 11) is 0. The zero-order chi connectivity index (χ0) is 20.1. The minimum Gasteiger partial charge on any atom is -0.480 e. The first-order valence-electron chi connectivity index (χ1n) is 10.2. The van der Waals surface area contributed by atoms with E-state index in [1.165, 1.54) is 5.56 Å². The van der Waals surface area contributed by atoms with Crippen molar-refractivity contribution in [3.05, 3.63) is 78.4 Å². The number of carbonyl (C=O) groups excluding carboxylic acids is 1. The molecule has 4 heteroatoms. The van der Waals surface area contributed by atoms with Crippen LogP contribution in [0.1, 0.15) is 25.3 Å². The summed E-state index contributed by atoms with van der Waals surface area (Å²) in [5.41, 5.74) is 1.17. The van der Waals surface area contributed by atoms with Crippen LogP contribution in [0.3, 0.4) is 0 Å². The Hall–Kier alpha value is -2.85. The molecule has 1 saturated heterocycles. The van der Waals surface area contributed by atoms with E-state index in [2.05, 4.69) is 29.6 Å². The van der Waals surface area contributed by atoms with E-state index in [1.807, 2.05) is 48.5 Å². The molecule has 1 aliphatic heterocycles. The lowest BCUT2D eigenvalue weighted by Gasteiger charge is -2.38. The molecule has 3 aromatic carbocycles. The summed E-state index contributed by atoms with van der Waals surface area (Å²) in [5.74, 6) is 0.634. The third-order valence-corrected chi connectivity index (χ3v) is 5.86. The predicted octanol–water partition coefficient (Wildman–Crippen LogP) is 4.47. The molecular formula is C25H27NO3. The van der Waals surface area contributed by atoms with Crippen molar-refractivity contribution in [3.63, 3.8) is 0 Å². The summed E-state index contributed by atoms with van der Waals surface area (Å²) in [6.45, 7) is 3.82. The molecule has 1 fully saturated rings. The highest BCUT2D eigenvalue weighted by Gasteiger charge is 2.35. The van der Waals surface area contributed by atoms with E-state index >= 15 is 0 Å². The van der Waals surface area contributed by atoms with Gasteiger partial charge in [-0.15, -0.1) is 0 Å². The normalized spacial score (nSPS) is 16.9. The molecule has 4 rings (SSSR count). The molecule has 0 unspecified atom stereocenters. The largest absolute Gasteiger partial charge is 0.480 e. The Morgan fingerprint density at radius 1 is 1.00 bits per heavy atom. The van der Waals surface area contributed by atoms with Gasteiger partial charge in [-0.25, -0.2) is 0 Å². The van der Waals surface area contributed by atoms with Gasteiger partial charge in [0.15, 0.2) is 6.10 Å². The van der Waals surface area contributed by atoms with E-state index < -0.39 is 6.10 Å². The lowest BCUT2D eigenvalue weighted by Crippen LogP contribution is -2.47. The Labute approximate surface area is 171 Å². The number of fused-ring (bicyclic) bond motifs is 1. The van der Waals surface area contributed by atoms with Crippen LogP contribution >= 0.6 is 0 Å². The quantitative estimate of drug-likeness (QED) is 0.677. The van der Waals surface area contributed by atoms with Crippen LogP contribution in [0.15, 0.2) is 72.8 Å². The number of benzene rings is 3. The minimum atomic E-state index is -0.575. The van der Waals surface area contributed by atoms with E-state index in [0.29, 0.717) is 19.8 Å². The summed E-state index contributed by atoms with van der Waals surface area (Å²) >= 11 is 0. The second kappa shape index (κ2) is 8.66. The van der Waals surface area contributed by atoms with E-state index in [1.54, 1.807) is 6.92 Å². The van der Waals surface area contributed by atoms with Gasteiger partial charge in [-0.05, 0) is 36.8 Å². The predicted molar refractivity (Wildman–Crippen MR) is 115 cm³/mol. The second-order valence-corrected chi connectivity index (χ2v) is 7.71. The van der Waals surface area contributed by atoms with Crippen LogP contribution < -0.4 is 10.1 Å². The van der Waals surface area contributed by atoms with Crippen molar-refractivity contribution in [1.82, 2.24) is 5.32 Å². The topological polar surface area (TPSA) is 47.6 Å². The Balaban J connectivity index is 1.45. The van der Waals surface area contributed by atoms with Crippen molar-refractivity contribution in [2.24, 2.45) is 0 Å². The molecule has 3 aromatic rings. The van der Waals surface area contributed by atoms with Gasteiger partial charge in [-0.1, -0.05) is 66.7 Å². The molecule has 150 valence electrons. The van der Waals surface area contributed by atoms with Crippen LogP contribution in [0.25, 0.3) is 10.8 Å². The number of carbonyl (C=O) groups is 1. The van der Waals surface area contributed by atoms with Crippen LogP contribution in [0.5, 0.6) is 5.75 Å². The fourth-order valence-electron chi connectivity index (χ4n) is 4.06. The van der Waals surface area contributed by atoms with Gasteiger partial charge in [0.2, 0.25) is 0 Å². The van der Waals surface area contributed by atoms with Gasteiger partial charge in [0.05, 0.1) is 0 Å². The Morgan fingerprint density at radius 2 is 1.69 bits per heavy atom. The highest BCUT2D eigenvalue weighted by Crippen LogP contribution is 2.34. The maximum absolute atomic E-state index is 12.8. The third-order valence-electron chi connectivity index (χ3n) is 5.86. The van der Waals surface area contributed by atoms with Crippen molar-refractivity contribution in [1.29, 1.82) is 0 Å². The fourth-order valence-corrected chi connectivity index (χ4v) is 4.06. The Bertz CT molecular complexity index is 959. The van der Waals surface area contributed by atoms with Gasteiger partial charge in [-0.3, -0.25) is 4.79 Å². The van der Waals surface area contributed by atoms with Gasteiger partial charge in [-0.2, -0.15) is 0 Å². The van der Waals surface area contributed by atoms with Crippen molar-refractivity contribution in [3.8, 4) is 5.75 Å². The number of hydrogen-bond acceptors (Lipinski definition) is 3. The first-order chi connectivity index (χ1) is 14.2. The average molecular weight is 389 g/mol. The van der Waals surface area contributed by atoms with Crippen molar-refractivity contribution in [2.45, 2.75) is 31.3 Å².